The molecule has 2 atom stereocenters. The minimum atomic E-state index is -0.984. The molecule has 4 aliphatic rings. The second-order valence-electron chi connectivity index (χ2n) is 10.5. The number of likely N-dealkylation sites (tertiary alicyclic amines) is 1. The summed E-state index contributed by atoms with van der Waals surface area (Å²) in [6.07, 6.45) is 6.21. The van der Waals surface area contributed by atoms with Crippen LogP contribution in [0, 0.1) is 5.41 Å². The zero-order chi connectivity index (χ0) is 24.0. The molecule has 184 valence electrons. The number of carboxylic acid groups (broad SMARTS) is 1. The Morgan fingerprint density at radius 2 is 1.89 bits per heavy atom. The Hall–Kier alpha value is -2.53. The summed E-state index contributed by atoms with van der Waals surface area (Å²) in [6.45, 7) is 2.56. The first-order chi connectivity index (χ1) is 17.0. The molecular formula is C27H30LiN3O5. The molecule has 3 aliphatic heterocycles. The number of amides is 1. The molecule has 1 amide bonds. The van der Waals surface area contributed by atoms with Crippen molar-refractivity contribution in [2.24, 2.45) is 5.41 Å². The SMILES string of the molecule is O=C([O-])CC1CC[C@@H]2c3c(OC4CC5(C4)CN(C(=O)OCc4ccccc4)C5)ccnc3CCN12.[Li+]. The van der Waals surface area contributed by atoms with Crippen LogP contribution in [-0.4, -0.2) is 58.6 Å². The van der Waals surface area contributed by atoms with Gasteiger partial charge in [-0.3, -0.25) is 9.88 Å². The molecule has 36 heavy (non-hydrogen) atoms. The maximum absolute atomic E-state index is 12.4. The number of fused-ring (bicyclic) bond motifs is 3. The quantitative estimate of drug-likeness (QED) is 0.510. The average molecular weight is 483 g/mol. The first-order valence-electron chi connectivity index (χ1n) is 12.6. The van der Waals surface area contributed by atoms with Crippen LogP contribution < -0.4 is 28.7 Å². The molecule has 0 radical (unpaired) electrons. The Morgan fingerprint density at radius 1 is 1.11 bits per heavy atom. The number of ether oxygens (including phenoxy) is 2. The smallest absolute Gasteiger partial charge is 0.550 e. The molecule has 6 rings (SSSR count). The molecule has 9 heteroatoms. The summed E-state index contributed by atoms with van der Waals surface area (Å²) in [5, 5.41) is 11.2. The van der Waals surface area contributed by atoms with E-state index in [2.05, 4.69) is 9.88 Å². The topological polar surface area (TPSA) is 95.0 Å². The fourth-order valence-corrected chi connectivity index (χ4v) is 6.52. The van der Waals surface area contributed by atoms with Crippen LogP contribution in [0.5, 0.6) is 5.75 Å². The number of carboxylic acids is 1. The molecule has 1 spiro atoms. The number of carbonyl (C=O) groups is 2. The van der Waals surface area contributed by atoms with E-state index < -0.39 is 5.97 Å². The zero-order valence-electron chi connectivity index (χ0n) is 20.7. The largest absolute Gasteiger partial charge is 1.00 e. The van der Waals surface area contributed by atoms with Gasteiger partial charge in [0.25, 0.3) is 0 Å². The third-order valence-electron chi connectivity index (χ3n) is 8.15. The number of benzene rings is 1. The van der Waals surface area contributed by atoms with Crippen molar-refractivity contribution in [3.05, 3.63) is 59.4 Å². The Kier molecular flexibility index (Phi) is 7.04. The summed E-state index contributed by atoms with van der Waals surface area (Å²) >= 11 is 0. The molecule has 2 aromatic rings. The van der Waals surface area contributed by atoms with Gasteiger partial charge >= 0.3 is 25.0 Å². The third-order valence-corrected chi connectivity index (χ3v) is 8.15. The van der Waals surface area contributed by atoms with Gasteiger partial charge in [-0.15, -0.1) is 0 Å². The van der Waals surface area contributed by atoms with E-state index in [1.807, 2.05) is 42.6 Å². The normalized spacial score (nSPS) is 24.1. The maximum Gasteiger partial charge on any atom is 1.00 e. The molecular weight excluding hydrogens is 453 g/mol. The predicted octanol–water partition coefficient (Wildman–Crippen LogP) is -0.533. The molecule has 1 aromatic heterocycles. The van der Waals surface area contributed by atoms with Gasteiger partial charge in [0.15, 0.2) is 0 Å². The minimum absolute atomic E-state index is 0. The van der Waals surface area contributed by atoms with Crippen molar-refractivity contribution in [2.45, 2.75) is 63.3 Å². The van der Waals surface area contributed by atoms with Gasteiger partial charge in [0.05, 0.1) is 5.69 Å². The molecule has 1 saturated carbocycles. The zero-order valence-corrected chi connectivity index (χ0v) is 20.7. The summed E-state index contributed by atoms with van der Waals surface area (Å²) in [5.74, 6) is -0.0977. The van der Waals surface area contributed by atoms with Gasteiger partial charge in [0.1, 0.15) is 18.5 Å². The van der Waals surface area contributed by atoms with Gasteiger partial charge in [-0.2, -0.15) is 0 Å². The van der Waals surface area contributed by atoms with E-state index in [-0.39, 0.29) is 55.0 Å². The summed E-state index contributed by atoms with van der Waals surface area (Å²) in [6, 6.07) is 11.9. The van der Waals surface area contributed by atoms with E-state index in [0.29, 0.717) is 6.61 Å². The Balaban J connectivity index is 0.00000267. The van der Waals surface area contributed by atoms with Gasteiger partial charge in [0.2, 0.25) is 0 Å². The van der Waals surface area contributed by atoms with E-state index in [4.69, 9.17) is 9.47 Å². The standard InChI is InChI=1S/C27H31N3O5.Li/c31-24(32)12-19-6-7-22-25-21(9-11-30(19)22)28-10-8-23(25)35-20-13-27(14-20)16-29(17-27)26(33)34-15-18-4-2-1-3-5-18;/h1-5,8,10,19-20,22H,6-7,9,11-17H2,(H,31,32);/q;+1/p-1/t19?,22-;/m1./s1. The van der Waals surface area contributed by atoms with Crippen LogP contribution in [-0.2, 0) is 22.6 Å². The monoisotopic (exact) mass is 483 g/mol. The molecule has 1 unspecified atom stereocenters. The number of hydrogen-bond donors (Lipinski definition) is 0. The average Bonchev–Trinajstić information content (AvgIpc) is 3.21. The number of carbonyl (C=O) groups excluding carboxylic acids is 2. The molecule has 3 fully saturated rings. The van der Waals surface area contributed by atoms with E-state index in [9.17, 15) is 14.7 Å². The Morgan fingerprint density at radius 3 is 2.64 bits per heavy atom. The molecule has 0 bridgehead atoms. The number of hydrogen-bond acceptors (Lipinski definition) is 7. The summed E-state index contributed by atoms with van der Waals surface area (Å²) in [5.41, 5.74) is 3.34. The van der Waals surface area contributed by atoms with Crippen LogP contribution in [0.4, 0.5) is 4.79 Å². The van der Waals surface area contributed by atoms with E-state index in [1.54, 1.807) is 4.90 Å². The van der Waals surface area contributed by atoms with Crippen molar-refractivity contribution in [1.82, 2.24) is 14.8 Å². The van der Waals surface area contributed by atoms with Crippen LogP contribution in [0.3, 0.4) is 0 Å². The second kappa shape index (κ2) is 10.1. The van der Waals surface area contributed by atoms with Crippen LogP contribution in [0.25, 0.3) is 0 Å². The summed E-state index contributed by atoms with van der Waals surface area (Å²) < 4.78 is 11.9. The van der Waals surface area contributed by atoms with Gasteiger partial charge in [-0.05, 0) is 37.3 Å². The van der Waals surface area contributed by atoms with Crippen molar-refractivity contribution >= 4 is 12.1 Å². The summed E-state index contributed by atoms with van der Waals surface area (Å²) in [4.78, 5) is 32.3. The minimum Gasteiger partial charge on any atom is -0.550 e. The van der Waals surface area contributed by atoms with Crippen LogP contribution >= 0.6 is 0 Å². The van der Waals surface area contributed by atoms with E-state index >= 15 is 0 Å². The number of aliphatic carboxylic acids is 1. The van der Waals surface area contributed by atoms with Crippen LogP contribution in [0.1, 0.15) is 55.0 Å². The predicted molar refractivity (Wildman–Crippen MR) is 124 cm³/mol. The Bertz CT molecular complexity index is 1120. The molecule has 1 aliphatic carbocycles. The van der Waals surface area contributed by atoms with E-state index in [0.717, 1.165) is 74.3 Å². The van der Waals surface area contributed by atoms with Crippen molar-refractivity contribution < 1.29 is 43.0 Å². The van der Waals surface area contributed by atoms with Crippen LogP contribution in [0.15, 0.2) is 42.6 Å². The fourth-order valence-electron chi connectivity index (χ4n) is 6.52. The van der Waals surface area contributed by atoms with E-state index in [1.165, 1.54) is 0 Å². The second-order valence-corrected chi connectivity index (χ2v) is 10.5. The number of pyridine rings is 1. The number of nitrogens with zero attached hydrogens (tertiary/aromatic N) is 3. The van der Waals surface area contributed by atoms with Crippen molar-refractivity contribution in [1.29, 1.82) is 0 Å². The van der Waals surface area contributed by atoms with Crippen molar-refractivity contribution in [3.63, 3.8) is 0 Å². The number of rotatable bonds is 6. The van der Waals surface area contributed by atoms with Gasteiger partial charge < -0.3 is 24.3 Å². The van der Waals surface area contributed by atoms with Crippen LogP contribution in [0.2, 0.25) is 0 Å². The summed E-state index contributed by atoms with van der Waals surface area (Å²) in [7, 11) is 0. The molecule has 4 heterocycles. The fraction of sp³-hybridized carbons (Fsp3) is 0.519. The third kappa shape index (κ3) is 4.74. The number of aromatic nitrogens is 1. The van der Waals surface area contributed by atoms with Gasteiger partial charge in [0, 0.05) is 67.7 Å². The molecule has 2 saturated heterocycles. The maximum atomic E-state index is 12.4. The van der Waals surface area contributed by atoms with Crippen molar-refractivity contribution in [3.8, 4) is 5.75 Å². The van der Waals surface area contributed by atoms with Gasteiger partial charge in [-0.1, -0.05) is 30.3 Å². The molecule has 8 nitrogen and oxygen atoms in total. The first kappa shape index (κ1) is 25.1. The van der Waals surface area contributed by atoms with Crippen molar-refractivity contribution in [2.75, 3.05) is 19.6 Å². The van der Waals surface area contributed by atoms with Gasteiger partial charge in [-0.25, -0.2) is 4.79 Å². The first-order valence-corrected chi connectivity index (χ1v) is 12.6. The molecule has 0 N–H and O–H groups in total. The molecule has 1 aromatic carbocycles. The Labute approximate surface area is 223 Å².